The van der Waals surface area contributed by atoms with Crippen LogP contribution in [0, 0.1) is 5.92 Å². The number of nitrogens with one attached hydrogen (secondary N) is 1. The molecule has 0 aromatic carbocycles. The van der Waals surface area contributed by atoms with E-state index in [9.17, 15) is 14.7 Å². The molecule has 2 N–H and O–H groups in total. The number of furan rings is 1. The zero-order valence-corrected chi connectivity index (χ0v) is 10.1. The maximum Gasteiger partial charge on any atom is 0.329 e. The van der Waals surface area contributed by atoms with Crippen LogP contribution < -0.4 is 5.32 Å². The molecule has 1 aliphatic carbocycles. The second-order valence-electron chi connectivity index (χ2n) is 4.62. The van der Waals surface area contributed by atoms with Crippen LogP contribution in [0.15, 0.2) is 28.9 Å². The molecular weight excluding hydrogens is 234 g/mol. The van der Waals surface area contributed by atoms with Gasteiger partial charge in [-0.1, -0.05) is 0 Å². The van der Waals surface area contributed by atoms with Crippen molar-refractivity contribution in [2.24, 2.45) is 5.92 Å². The Morgan fingerprint density at radius 1 is 1.56 bits per heavy atom. The van der Waals surface area contributed by atoms with Crippen molar-refractivity contribution in [2.75, 3.05) is 0 Å². The van der Waals surface area contributed by atoms with Gasteiger partial charge in [0.25, 0.3) is 0 Å². The lowest BCUT2D eigenvalue weighted by molar-refractivity contribution is -0.147. The minimum Gasteiger partial charge on any atom is -0.480 e. The topological polar surface area (TPSA) is 79.5 Å². The molecule has 1 fully saturated rings. The molecule has 1 aromatic rings. The van der Waals surface area contributed by atoms with Gasteiger partial charge in [-0.15, -0.1) is 0 Å². The fourth-order valence-corrected chi connectivity index (χ4v) is 1.83. The molecule has 0 aliphatic heterocycles. The maximum atomic E-state index is 11.7. The van der Waals surface area contributed by atoms with Crippen molar-refractivity contribution in [3.8, 4) is 0 Å². The summed E-state index contributed by atoms with van der Waals surface area (Å²) in [6, 6.07) is 3.42. The molecule has 18 heavy (non-hydrogen) atoms. The summed E-state index contributed by atoms with van der Waals surface area (Å²) in [5.41, 5.74) is -1.18. The molecule has 96 valence electrons. The number of carbonyl (C=O) groups is 2. The minimum absolute atomic E-state index is 0.0240. The van der Waals surface area contributed by atoms with E-state index >= 15 is 0 Å². The van der Waals surface area contributed by atoms with E-state index < -0.39 is 17.4 Å². The van der Waals surface area contributed by atoms with Crippen LogP contribution in [0.5, 0.6) is 0 Å². The molecule has 1 aliphatic rings. The van der Waals surface area contributed by atoms with E-state index in [0.29, 0.717) is 5.76 Å². The minimum atomic E-state index is -1.18. The first-order valence-electron chi connectivity index (χ1n) is 5.79. The standard InChI is InChI=1S/C13H15NO4/c1-13(12(16)17,9-4-5-9)14-11(15)7-6-10-3-2-8-18-10/h2-3,6-9H,4-5H2,1H3,(H,14,15)(H,16,17)/b7-6+. The van der Waals surface area contributed by atoms with Crippen LogP contribution in [0.25, 0.3) is 6.08 Å². The van der Waals surface area contributed by atoms with Gasteiger partial charge >= 0.3 is 5.97 Å². The number of carbonyl (C=O) groups excluding carboxylic acids is 1. The highest BCUT2D eigenvalue weighted by molar-refractivity contribution is 5.95. The van der Waals surface area contributed by atoms with Gasteiger partial charge in [-0.3, -0.25) is 4.79 Å². The second-order valence-corrected chi connectivity index (χ2v) is 4.62. The molecule has 1 unspecified atom stereocenters. The Labute approximate surface area is 104 Å². The summed E-state index contributed by atoms with van der Waals surface area (Å²) < 4.78 is 5.04. The molecular formula is C13H15NO4. The highest BCUT2D eigenvalue weighted by atomic mass is 16.4. The van der Waals surface area contributed by atoms with Gasteiger partial charge in [0.15, 0.2) is 0 Å². The molecule has 1 aromatic heterocycles. The first kappa shape index (κ1) is 12.4. The molecule has 1 atom stereocenters. The van der Waals surface area contributed by atoms with Crippen molar-refractivity contribution in [1.82, 2.24) is 5.32 Å². The first-order valence-corrected chi connectivity index (χ1v) is 5.79. The Morgan fingerprint density at radius 3 is 2.78 bits per heavy atom. The summed E-state index contributed by atoms with van der Waals surface area (Å²) in [5, 5.41) is 11.7. The van der Waals surface area contributed by atoms with Gasteiger partial charge in [-0.05, 0) is 43.9 Å². The quantitative estimate of drug-likeness (QED) is 0.778. The zero-order valence-electron chi connectivity index (χ0n) is 10.1. The first-order chi connectivity index (χ1) is 8.52. The number of amides is 1. The number of carboxylic acid groups (broad SMARTS) is 1. The van der Waals surface area contributed by atoms with E-state index in [2.05, 4.69) is 5.32 Å². The molecule has 5 nitrogen and oxygen atoms in total. The Bertz CT molecular complexity index is 473. The lowest BCUT2D eigenvalue weighted by Gasteiger charge is -2.25. The Hall–Kier alpha value is -2.04. The molecule has 0 saturated heterocycles. The van der Waals surface area contributed by atoms with E-state index in [1.165, 1.54) is 18.4 Å². The third-order valence-corrected chi connectivity index (χ3v) is 3.16. The van der Waals surface area contributed by atoms with Crippen LogP contribution in [-0.2, 0) is 9.59 Å². The van der Waals surface area contributed by atoms with E-state index in [1.54, 1.807) is 19.1 Å². The van der Waals surface area contributed by atoms with Crippen LogP contribution in [0.2, 0.25) is 0 Å². The van der Waals surface area contributed by atoms with Crippen LogP contribution in [0.4, 0.5) is 0 Å². The smallest absolute Gasteiger partial charge is 0.329 e. The van der Waals surface area contributed by atoms with Crippen LogP contribution in [0.1, 0.15) is 25.5 Å². The molecule has 5 heteroatoms. The number of hydrogen-bond donors (Lipinski definition) is 2. The third-order valence-electron chi connectivity index (χ3n) is 3.16. The summed E-state index contributed by atoms with van der Waals surface area (Å²) in [6.45, 7) is 1.55. The van der Waals surface area contributed by atoms with Crippen molar-refractivity contribution in [2.45, 2.75) is 25.3 Å². The molecule has 0 spiro atoms. The van der Waals surface area contributed by atoms with Crippen molar-refractivity contribution < 1.29 is 19.1 Å². The lowest BCUT2D eigenvalue weighted by Crippen LogP contribution is -2.53. The fraction of sp³-hybridized carbons (Fsp3) is 0.385. The van der Waals surface area contributed by atoms with Crippen molar-refractivity contribution in [3.05, 3.63) is 30.2 Å². The molecule has 1 amide bonds. The van der Waals surface area contributed by atoms with Gasteiger partial charge in [0.2, 0.25) is 5.91 Å². The summed E-state index contributed by atoms with van der Waals surface area (Å²) >= 11 is 0. The van der Waals surface area contributed by atoms with Crippen molar-refractivity contribution in [1.29, 1.82) is 0 Å². The fourth-order valence-electron chi connectivity index (χ4n) is 1.83. The number of carboxylic acids is 1. The molecule has 2 rings (SSSR count). The van der Waals surface area contributed by atoms with Crippen LogP contribution in [0.3, 0.4) is 0 Å². The molecule has 1 heterocycles. The summed E-state index contributed by atoms with van der Waals surface area (Å²) in [6.07, 6.45) is 5.96. The number of aliphatic carboxylic acids is 1. The van der Waals surface area contributed by atoms with Gasteiger partial charge in [0.1, 0.15) is 11.3 Å². The number of rotatable bonds is 5. The summed E-state index contributed by atoms with van der Waals surface area (Å²) in [5.74, 6) is -0.850. The Kier molecular flexibility index (Phi) is 3.23. The van der Waals surface area contributed by atoms with Crippen molar-refractivity contribution in [3.63, 3.8) is 0 Å². The van der Waals surface area contributed by atoms with Gasteiger partial charge in [0.05, 0.1) is 6.26 Å². The average Bonchev–Trinajstić information content (AvgIpc) is 3.04. The van der Waals surface area contributed by atoms with E-state index in [4.69, 9.17) is 4.42 Å². The lowest BCUT2D eigenvalue weighted by atomic mass is 9.96. The SMILES string of the molecule is CC(NC(=O)/C=C/c1ccco1)(C(=O)O)C1CC1. The van der Waals surface area contributed by atoms with Gasteiger partial charge < -0.3 is 14.8 Å². The Balaban J connectivity index is 1.99. The van der Waals surface area contributed by atoms with E-state index in [-0.39, 0.29) is 5.92 Å². The Morgan fingerprint density at radius 2 is 2.28 bits per heavy atom. The normalized spacial score (nSPS) is 18.5. The maximum absolute atomic E-state index is 11.7. The van der Waals surface area contributed by atoms with Crippen LogP contribution >= 0.6 is 0 Å². The van der Waals surface area contributed by atoms with Gasteiger partial charge in [0, 0.05) is 6.08 Å². The highest BCUT2D eigenvalue weighted by Crippen LogP contribution is 2.39. The van der Waals surface area contributed by atoms with E-state index in [0.717, 1.165) is 12.8 Å². The zero-order chi connectivity index (χ0) is 13.2. The highest BCUT2D eigenvalue weighted by Gasteiger charge is 2.48. The molecule has 0 radical (unpaired) electrons. The van der Waals surface area contributed by atoms with Crippen LogP contribution in [-0.4, -0.2) is 22.5 Å². The van der Waals surface area contributed by atoms with Gasteiger partial charge in [-0.25, -0.2) is 4.79 Å². The average molecular weight is 249 g/mol. The predicted molar refractivity (Wildman–Crippen MR) is 64.6 cm³/mol. The molecule has 0 bridgehead atoms. The van der Waals surface area contributed by atoms with Crippen molar-refractivity contribution >= 4 is 18.0 Å². The number of hydrogen-bond acceptors (Lipinski definition) is 3. The van der Waals surface area contributed by atoms with Gasteiger partial charge in [-0.2, -0.15) is 0 Å². The summed E-state index contributed by atoms with van der Waals surface area (Å²) in [4.78, 5) is 22.9. The summed E-state index contributed by atoms with van der Waals surface area (Å²) in [7, 11) is 0. The monoisotopic (exact) mass is 249 g/mol. The predicted octanol–water partition coefficient (Wildman–Crippen LogP) is 1.66. The second kappa shape index (κ2) is 4.68. The third kappa shape index (κ3) is 2.61. The molecule has 1 saturated carbocycles. The van der Waals surface area contributed by atoms with E-state index in [1.807, 2.05) is 0 Å². The largest absolute Gasteiger partial charge is 0.480 e.